The molecule has 68 valence electrons. The highest BCUT2D eigenvalue weighted by atomic mass is 79.9. The maximum absolute atomic E-state index is 9.09. The monoisotopic (exact) mass is 251 g/mol. The van der Waals surface area contributed by atoms with Crippen LogP contribution in [0.1, 0.15) is 6.92 Å². The first kappa shape index (κ1) is 9.88. The van der Waals surface area contributed by atoms with Crippen LogP contribution in [0.5, 0.6) is 0 Å². The van der Waals surface area contributed by atoms with Crippen LogP contribution in [0, 0.1) is 0 Å². The first-order valence-corrected chi connectivity index (χ1v) is 5.08. The van der Waals surface area contributed by atoms with Gasteiger partial charge in [-0.2, -0.15) is 0 Å². The summed E-state index contributed by atoms with van der Waals surface area (Å²) in [6, 6.07) is 0. The summed E-state index contributed by atoms with van der Waals surface area (Å²) in [6.45, 7) is 2.31. The Hall–Kier alpha value is -0.200. The largest absolute Gasteiger partial charge is 0.392 e. The number of likely N-dealkylation sites (N-methyl/N-ethyl adjacent to an activating group) is 1. The second-order valence-electron chi connectivity index (χ2n) is 2.57. The Bertz CT molecular complexity index is 253. The van der Waals surface area contributed by atoms with Crippen LogP contribution in [0.4, 0.5) is 5.13 Å². The summed E-state index contributed by atoms with van der Waals surface area (Å²) in [5.41, 5.74) is 0. The molecular formula is C6H10BrN3OS. The molecule has 0 spiro atoms. The summed E-state index contributed by atoms with van der Waals surface area (Å²) in [4.78, 5) is 1.87. The molecule has 1 aromatic heterocycles. The molecule has 0 fully saturated rings. The lowest BCUT2D eigenvalue weighted by Gasteiger charge is -2.16. The van der Waals surface area contributed by atoms with E-state index in [1.54, 1.807) is 6.92 Å². The molecule has 0 aliphatic rings. The van der Waals surface area contributed by atoms with Crippen LogP contribution >= 0.6 is 27.3 Å². The SMILES string of the molecule is C[C@H](O)CN(C)c1nnc(Br)s1. The number of aliphatic hydroxyl groups excluding tert-OH is 1. The van der Waals surface area contributed by atoms with Crippen LogP contribution in [0.2, 0.25) is 0 Å². The fraction of sp³-hybridized carbons (Fsp3) is 0.667. The summed E-state index contributed by atoms with van der Waals surface area (Å²) in [5, 5.41) is 17.6. The van der Waals surface area contributed by atoms with Gasteiger partial charge in [0.15, 0.2) is 3.92 Å². The molecule has 1 atom stereocenters. The Morgan fingerprint density at radius 2 is 2.33 bits per heavy atom. The van der Waals surface area contributed by atoms with Crippen molar-refractivity contribution in [1.82, 2.24) is 10.2 Å². The topological polar surface area (TPSA) is 49.2 Å². The molecule has 0 bridgehead atoms. The lowest BCUT2D eigenvalue weighted by Crippen LogP contribution is -2.26. The number of aromatic nitrogens is 2. The van der Waals surface area contributed by atoms with Crippen LogP contribution in [0.25, 0.3) is 0 Å². The lowest BCUT2D eigenvalue weighted by molar-refractivity contribution is 0.201. The van der Waals surface area contributed by atoms with Crippen LogP contribution in [0.15, 0.2) is 3.92 Å². The van der Waals surface area contributed by atoms with E-state index in [1.807, 2.05) is 11.9 Å². The fourth-order valence-electron chi connectivity index (χ4n) is 0.827. The molecule has 0 amide bonds. The van der Waals surface area contributed by atoms with E-state index in [9.17, 15) is 0 Å². The highest BCUT2D eigenvalue weighted by Gasteiger charge is 2.08. The van der Waals surface area contributed by atoms with Crippen molar-refractivity contribution in [3.05, 3.63) is 3.92 Å². The Labute approximate surface area is 83.4 Å². The quantitative estimate of drug-likeness (QED) is 0.875. The first-order chi connectivity index (χ1) is 5.59. The minimum absolute atomic E-state index is 0.349. The Balaban J connectivity index is 2.58. The zero-order valence-electron chi connectivity index (χ0n) is 6.86. The number of aliphatic hydroxyl groups is 1. The van der Waals surface area contributed by atoms with Crippen molar-refractivity contribution in [2.24, 2.45) is 0 Å². The Morgan fingerprint density at radius 1 is 1.67 bits per heavy atom. The molecule has 0 aromatic carbocycles. The van der Waals surface area contributed by atoms with E-state index in [-0.39, 0.29) is 6.10 Å². The van der Waals surface area contributed by atoms with Crippen molar-refractivity contribution < 1.29 is 5.11 Å². The third kappa shape index (κ3) is 2.69. The van der Waals surface area contributed by atoms with Crippen molar-refractivity contribution in [3.63, 3.8) is 0 Å². The van der Waals surface area contributed by atoms with Gasteiger partial charge in [0.1, 0.15) is 0 Å². The van der Waals surface area contributed by atoms with Crippen molar-refractivity contribution >= 4 is 32.4 Å². The van der Waals surface area contributed by atoms with Gasteiger partial charge in [0.25, 0.3) is 0 Å². The van der Waals surface area contributed by atoms with E-state index in [4.69, 9.17) is 5.11 Å². The van der Waals surface area contributed by atoms with E-state index in [0.29, 0.717) is 6.54 Å². The summed E-state index contributed by atoms with van der Waals surface area (Å²) >= 11 is 4.67. The molecule has 6 heteroatoms. The fourth-order valence-corrected chi connectivity index (χ4v) is 1.88. The van der Waals surface area contributed by atoms with E-state index in [2.05, 4.69) is 26.1 Å². The van der Waals surface area contributed by atoms with Gasteiger partial charge in [0.2, 0.25) is 5.13 Å². The normalized spacial score (nSPS) is 13.0. The molecule has 0 aliphatic heterocycles. The summed E-state index contributed by atoms with van der Waals surface area (Å²) in [7, 11) is 1.87. The maximum Gasteiger partial charge on any atom is 0.208 e. The average Bonchev–Trinajstić information content (AvgIpc) is 2.34. The van der Waals surface area contributed by atoms with E-state index in [0.717, 1.165) is 9.05 Å². The predicted molar refractivity (Wildman–Crippen MR) is 52.6 cm³/mol. The minimum atomic E-state index is -0.349. The molecule has 0 saturated heterocycles. The average molecular weight is 252 g/mol. The standard InChI is InChI=1S/C6H10BrN3OS/c1-4(11)3-10(2)6-9-8-5(7)12-6/h4,11H,3H2,1-2H3/t4-/m0/s1. The van der Waals surface area contributed by atoms with E-state index in [1.165, 1.54) is 11.3 Å². The maximum atomic E-state index is 9.09. The molecule has 1 rings (SSSR count). The highest BCUT2D eigenvalue weighted by Crippen LogP contribution is 2.22. The third-order valence-corrected chi connectivity index (χ3v) is 2.72. The number of halogens is 1. The van der Waals surface area contributed by atoms with Crippen molar-refractivity contribution in [3.8, 4) is 0 Å². The van der Waals surface area contributed by atoms with Gasteiger partial charge in [-0.1, -0.05) is 11.3 Å². The van der Waals surface area contributed by atoms with Gasteiger partial charge >= 0.3 is 0 Å². The molecule has 1 heterocycles. The van der Waals surface area contributed by atoms with Crippen molar-refractivity contribution in [2.45, 2.75) is 13.0 Å². The Kier molecular flexibility index (Phi) is 3.42. The van der Waals surface area contributed by atoms with Gasteiger partial charge in [-0.3, -0.25) is 0 Å². The molecule has 12 heavy (non-hydrogen) atoms. The minimum Gasteiger partial charge on any atom is -0.392 e. The number of nitrogens with zero attached hydrogens (tertiary/aromatic N) is 3. The number of rotatable bonds is 3. The number of hydrogen-bond donors (Lipinski definition) is 1. The zero-order valence-corrected chi connectivity index (χ0v) is 9.26. The van der Waals surface area contributed by atoms with Gasteiger partial charge in [-0.05, 0) is 22.9 Å². The highest BCUT2D eigenvalue weighted by molar-refractivity contribution is 9.11. The molecular weight excluding hydrogens is 242 g/mol. The van der Waals surface area contributed by atoms with Crippen molar-refractivity contribution in [1.29, 1.82) is 0 Å². The molecule has 1 aromatic rings. The van der Waals surface area contributed by atoms with Crippen LogP contribution in [-0.4, -0.2) is 35.0 Å². The van der Waals surface area contributed by atoms with Crippen LogP contribution < -0.4 is 4.90 Å². The molecule has 0 aliphatic carbocycles. The second-order valence-corrected chi connectivity index (χ2v) is 4.80. The lowest BCUT2D eigenvalue weighted by atomic mass is 10.4. The van der Waals surface area contributed by atoms with Gasteiger partial charge < -0.3 is 10.0 Å². The van der Waals surface area contributed by atoms with Gasteiger partial charge in [0.05, 0.1) is 6.10 Å². The van der Waals surface area contributed by atoms with Gasteiger partial charge in [-0.15, -0.1) is 10.2 Å². The zero-order chi connectivity index (χ0) is 9.14. The summed E-state index contributed by atoms with van der Waals surface area (Å²) in [6.07, 6.45) is -0.349. The van der Waals surface area contributed by atoms with Gasteiger partial charge in [-0.25, -0.2) is 0 Å². The molecule has 0 radical (unpaired) electrons. The molecule has 0 unspecified atom stereocenters. The summed E-state index contributed by atoms with van der Waals surface area (Å²) < 4.78 is 0.759. The smallest absolute Gasteiger partial charge is 0.208 e. The van der Waals surface area contributed by atoms with Gasteiger partial charge in [0, 0.05) is 13.6 Å². The first-order valence-electron chi connectivity index (χ1n) is 3.48. The molecule has 1 N–H and O–H groups in total. The van der Waals surface area contributed by atoms with Crippen LogP contribution in [-0.2, 0) is 0 Å². The number of anilines is 1. The number of hydrogen-bond acceptors (Lipinski definition) is 5. The molecule has 4 nitrogen and oxygen atoms in total. The second kappa shape index (κ2) is 4.15. The van der Waals surface area contributed by atoms with Crippen LogP contribution in [0.3, 0.4) is 0 Å². The van der Waals surface area contributed by atoms with Crippen molar-refractivity contribution in [2.75, 3.05) is 18.5 Å². The molecule has 0 saturated carbocycles. The summed E-state index contributed by atoms with van der Waals surface area (Å²) in [5.74, 6) is 0. The third-order valence-electron chi connectivity index (χ3n) is 1.25. The van der Waals surface area contributed by atoms with E-state index < -0.39 is 0 Å². The van der Waals surface area contributed by atoms with E-state index >= 15 is 0 Å². The Morgan fingerprint density at radius 3 is 2.75 bits per heavy atom. The predicted octanol–water partition coefficient (Wildman–Crippen LogP) is 1.12.